The number of nitrogens with zero attached hydrogens (tertiary/aromatic N) is 3. The minimum atomic E-state index is -0.0476. The highest BCUT2D eigenvalue weighted by atomic mass is 32.2. The molecule has 35 heavy (non-hydrogen) atoms. The van der Waals surface area contributed by atoms with Crippen LogP contribution in [-0.2, 0) is 11.2 Å². The highest BCUT2D eigenvalue weighted by Gasteiger charge is 2.42. The highest BCUT2D eigenvalue weighted by Crippen LogP contribution is 2.33. The van der Waals surface area contributed by atoms with Gasteiger partial charge in [0.1, 0.15) is 0 Å². The van der Waals surface area contributed by atoms with E-state index >= 15 is 0 Å². The zero-order valence-corrected chi connectivity index (χ0v) is 20.8. The minimum Gasteiger partial charge on any atom is -0.375 e. The normalized spacial score (nSPS) is 20.9. The Balaban J connectivity index is 1.16. The summed E-state index contributed by atoms with van der Waals surface area (Å²) < 4.78 is 0. The summed E-state index contributed by atoms with van der Waals surface area (Å²) >= 11 is 1.92. The van der Waals surface area contributed by atoms with E-state index in [1.165, 1.54) is 0 Å². The third kappa shape index (κ3) is 7.99. The third-order valence-corrected chi connectivity index (χ3v) is 7.84. The van der Waals surface area contributed by atoms with Crippen LogP contribution in [0.2, 0.25) is 0 Å². The molecule has 2 aliphatic rings. The van der Waals surface area contributed by atoms with Crippen LogP contribution in [0.4, 0.5) is 4.79 Å². The summed E-state index contributed by atoms with van der Waals surface area (Å²) in [5.74, 6) is 1.07. The van der Waals surface area contributed by atoms with Crippen molar-refractivity contribution in [1.82, 2.24) is 30.8 Å². The van der Waals surface area contributed by atoms with E-state index in [4.69, 9.17) is 0 Å². The maximum absolute atomic E-state index is 12.4. The Kier molecular flexibility index (Phi) is 9.39. The lowest BCUT2D eigenvalue weighted by Gasteiger charge is -2.20. The Bertz CT molecular complexity index is 974. The van der Waals surface area contributed by atoms with E-state index in [0.29, 0.717) is 18.2 Å². The van der Waals surface area contributed by atoms with Gasteiger partial charge in [-0.25, -0.2) is 4.79 Å². The zero-order chi connectivity index (χ0) is 24.3. The van der Waals surface area contributed by atoms with E-state index in [2.05, 4.69) is 30.8 Å². The molecule has 0 unspecified atom stereocenters. The van der Waals surface area contributed by atoms with E-state index in [1.807, 2.05) is 66.6 Å². The predicted molar refractivity (Wildman–Crippen MR) is 140 cm³/mol. The van der Waals surface area contributed by atoms with Crippen LogP contribution in [0.5, 0.6) is 0 Å². The molecule has 0 aromatic carbocycles. The van der Waals surface area contributed by atoms with Crippen LogP contribution >= 0.6 is 11.8 Å². The second-order valence-electron chi connectivity index (χ2n) is 8.89. The van der Waals surface area contributed by atoms with Crippen molar-refractivity contribution < 1.29 is 9.59 Å². The molecule has 186 valence electrons. The molecule has 9 heteroatoms. The van der Waals surface area contributed by atoms with Gasteiger partial charge in [0.2, 0.25) is 5.91 Å². The molecule has 2 aromatic rings. The molecule has 0 spiro atoms. The lowest BCUT2D eigenvalue weighted by Crippen LogP contribution is -2.36. The molecule has 4 rings (SSSR count). The number of fused-ring (bicyclic) bond motifs is 1. The van der Waals surface area contributed by atoms with Gasteiger partial charge in [0.15, 0.2) is 0 Å². The molecule has 0 bridgehead atoms. The second-order valence-corrected chi connectivity index (χ2v) is 10.2. The van der Waals surface area contributed by atoms with Crippen LogP contribution in [0, 0.1) is 0 Å². The summed E-state index contributed by atoms with van der Waals surface area (Å²) in [7, 11) is 0. The van der Waals surface area contributed by atoms with E-state index in [-0.39, 0.29) is 24.0 Å². The molecule has 3 atom stereocenters. The van der Waals surface area contributed by atoms with Crippen molar-refractivity contribution in [2.45, 2.75) is 49.4 Å². The summed E-state index contributed by atoms with van der Waals surface area (Å²) in [6, 6.07) is 12.2. The number of aromatic nitrogens is 2. The Labute approximate surface area is 211 Å². The number of nitrogens with one attached hydrogen (secondary N) is 3. The van der Waals surface area contributed by atoms with Gasteiger partial charge in [-0.05, 0) is 43.2 Å². The van der Waals surface area contributed by atoms with Crippen molar-refractivity contribution in [3.05, 3.63) is 66.4 Å². The van der Waals surface area contributed by atoms with E-state index in [0.717, 1.165) is 55.9 Å². The van der Waals surface area contributed by atoms with Gasteiger partial charge in [-0.1, -0.05) is 18.6 Å². The first kappa shape index (κ1) is 25.0. The first-order valence-electron chi connectivity index (χ1n) is 12.4. The number of thioether (sulfide) groups is 1. The van der Waals surface area contributed by atoms with Crippen LogP contribution in [0.3, 0.4) is 0 Å². The molecular weight excluding hydrogens is 460 g/mol. The monoisotopic (exact) mass is 494 g/mol. The maximum atomic E-state index is 12.4. The first-order chi connectivity index (χ1) is 17.2. The molecule has 3 amide bonds. The zero-order valence-electron chi connectivity index (χ0n) is 19.9. The number of amides is 3. The van der Waals surface area contributed by atoms with E-state index in [9.17, 15) is 9.59 Å². The van der Waals surface area contributed by atoms with Crippen molar-refractivity contribution >= 4 is 29.8 Å². The standard InChI is InChI=1S/C26H34N6O2S/c33-24(10-2-1-9-23-25-22(19-35-23)30-26(34)31-25)29-15-18-32(16-11-20-7-3-5-13-27-20)17-12-21-8-4-6-14-28-21/h3-8,11,13-14,16,22-23,25H,1-2,9-10,12,15,17-19H2,(H,29,33)(H2,30,31,34)/b16-11-/t22-,23-,25-/m0/s1. The molecule has 4 heterocycles. The largest absolute Gasteiger partial charge is 0.375 e. The van der Waals surface area contributed by atoms with Crippen LogP contribution in [0.1, 0.15) is 37.1 Å². The van der Waals surface area contributed by atoms with Crippen molar-refractivity contribution in [1.29, 1.82) is 0 Å². The molecule has 8 nitrogen and oxygen atoms in total. The Morgan fingerprint density at radius 2 is 1.97 bits per heavy atom. The van der Waals surface area contributed by atoms with Gasteiger partial charge in [0.25, 0.3) is 0 Å². The summed E-state index contributed by atoms with van der Waals surface area (Å²) in [6.45, 7) is 2.12. The van der Waals surface area contributed by atoms with Crippen LogP contribution in [-0.4, -0.2) is 69.5 Å². The number of hydrogen-bond acceptors (Lipinski definition) is 6. The lowest BCUT2D eigenvalue weighted by molar-refractivity contribution is -0.121. The number of urea groups is 1. The van der Waals surface area contributed by atoms with Gasteiger partial charge < -0.3 is 20.9 Å². The fourth-order valence-corrected chi connectivity index (χ4v) is 5.97. The van der Waals surface area contributed by atoms with Gasteiger partial charge in [-0.3, -0.25) is 14.8 Å². The molecule has 0 radical (unpaired) electrons. The Morgan fingerprint density at radius 3 is 2.77 bits per heavy atom. The van der Waals surface area contributed by atoms with Crippen molar-refractivity contribution in [3.8, 4) is 0 Å². The second kappa shape index (κ2) is 13.1. The average Bonchev–Trinajstić information content (AvgIpc) is 3.43. The molecule has 0 aliphatic carbocycles. The lowest BCUT2D eigenvalue weighted by atomic mass is 10.0. The van der Waals surface area contributed by atoms with Crippen molar-refractivity contribution in [3.63, 3.8) is 0 Å². The maximum Gasteiger partial charge on any atom is 0.315 e. The number of hydrogen-bond donors (Lipinski definition) is 3. The average molecular weight is 495 g/mol. The Hall–Kier alpha value is -3.07. The van der Waals surface area contributed by atoms with Crippen LogP contribution in [0.25, 0.3) is 6.08 Å². The molecule has 2 fully saturated rings. The molecular formula is C26H34N6O2S. The van der Waals surface area contributed by atoms with Gasteiger partial charge >= 0.3 is 6.03 Å². The summed E-state index contributed by atoms with van der Waals surface area (Å²) in [4.78, 5) is 34.8. The smallest absolute Gasteiger partial charge is 0.315 e. The van der Waals surface area contributed by atoms with Gasteiger partial charge in [0.05, 0.1) is 17.8 Å². The van der Waals surface area contributed by atoms with Gasteiger partial charge in [-0.15, -0.1) is 0 Å². The van der Waals surface area contributed by atoms with E-state index in [1.54, 1.807) is 6.20 Å². The number of carbonyl (C=O) groups excluding carboxylic acids is 2. The SMILES string of the molecule is O=C(CCCC[C@@H]1SC[C@@H]2NC(=O)N[C@@H]21)NCCN(/C=C\c1ccccn1)CCc1ccccn1. The molecule has 0 saturated carbocycles. The van der Waals surface area contributed by atoms with Gasteiger partial charge in [-0.2, -0.15) is 11.8 Å². The summed E-state index contributed by atoms with van der Waals surface area (Å²) in [5, 5.41) is 9.51. The van der Waals surface area contributed by atoms with Crippen molar-refractivity contribution in [2.24, 2.45) is 0 Å². The fraction of sp³-hybridized carbons (Fsp3) is 0.462. The molecule has 2 aromatic heterocycles. The van der Waals surface area contributed by atoms with Gasteiger partial charge in [0, 0.05) is 67.8 Å². The third-order valence-electron chi connectivity index (χ3n) is 6.33. The first-order valence-corrected chi connectivity index (χ1v) is 13.4. The predicted octanol–water partition coefficient (Wildman–Crippen LogP) is 2.83. The molecule has 3 N–H and O–H groups in total. The number of unbranched alkanes of at least 4 members (excludes halogenated alkanes) is 1. The van der Waals surface area contributed by atoms with E-state index < -0.39 is 0 Å². The quantitative estimate of drug-likeness (QED) is 0.293. The summed E-state index contributed by atoms with van der Waals surface area (Å²) in [5.41, 5.74) is 1.95. The minimum absolute atomic E-state index is 0.0476. The summed E-state index contributed by atoms with van der Waals surface area (Å²) in [6.07, 6.45) is 11.9. The number of carbonyl (C=O) groups is 2. The fourth-order valence-electron chi connectivity index (χ4n) is 4.42. The number of rotatable bonds is 13. The highest BCUT2D eigenvalue weighted by molar-refractivity contribution is 8.00. The Morgan fingerprint density at radius 1 is 1.11 bits per heavy atom. The van der Waals surface area contributed by atoms with Crippen LogP contribution < -0.4 is 16.0 Å². The number of pyridine rings is 2. The van der Waals surface area contributed by atoms with Crippen LogP contribution in [0.15, 0.2) is 55.0 Å². The molecule has 2 saturated heterocycles. The van der Waals surface area contributed by atoms with Crippen molar-refractivity contribution in [2.75, 3.05) is 25.4 Å². The molecule has 2 aliphatic heterocycles. The topological polar surface area (TPSA) is 99.2 Å².